The molecule has 1 saturated heterocycles. The summed E-state index contributed by atoms with van der Waals surface area (Å²) in [6.07, 6.45) is 5.25. The maximum absolute atomic E-state index is 12.2. The zero-order valence-electron chi connectivity index (χ0n) is 12.9. The van der Waals surface area contributed by atoms with Gasteiger partial charge in [-0.05, 0) is 24.6 Å². The number of hydrogen-bond acceptors (Lipinski definition) is 4. The number of piperazine rings is 1. The van der Waals surface area contributed by atoms with Crippen LogP contribution in [0.2, 0.25) is 0 Å². The van der Waals surface area contributed by atoms with Crippen LogP contribution >= 0.6 is 0 Å². The number of urea groups is 1. The van der Waals surface area contributed by atoms with Gasteiger partial charge in [0.15, 0.2) is 0 Å². The number of amides is 2. The quantitative estimate of drug-likeness (QED) is 0.912. The number of carbonyl (C=O) groups is 1. The SMILES string of the molecule is Cc1ccnc(N2CCN(C(=O)Nc3cnn(C)c3)CC2)c1. The summed E-state index contributed by atoms with van der Waals surface area (Å²) in [5, 5.41) is 6.91. The van der Waals surface area contributed by atoms with E-state index in [2.05, 4.69) is 33.3 Å². The Kier molecular flexibility index (Phi) is 3.95. The van der Waals surface area contributed by atoms with Gasteiger partial charge in [0.25, 0.3) is 0 Å². The van der Waals surface area contributed by atoms with E-state index in [1.54, 1.807) is 17.1 Å². The molecule has 0 bridgehead atoms. The molecule has 0 saturated carbocycles. The minimum atomic E-state index is -0.0788. The molecule has 2 amide bonds. The van der Waals surface area contributed by atoms with Crippen molar-refractivity contribution in [2.75, 3.05) is 36.4 Å². The molecule has 7 heteroatoms. The van der Waals surface area contributed by atoms with Crippen LogP contribution in [-0.4, -0.2) is 51.9 Å². The highest BCUT2D eigenvalue weighted by molar-refractivity contribution is 5.89. The van der Waals surface area contributed by atoms with Crippen molar-refractivity contribution in [2.24, 2.45) is 7.05 Å². The molecule has 1 fully saturated rings. The van der Waals surface area contributed by atoms with Crippen LogP contribution < -0.4 is 10.2 Å². The monoisotopic (exact) mass is 300 g/mol. The minimum absolute atomic E-state index is 0.0788. The smallest absolute Gasteiger partial charge is 0.322 e. The Morgan fingerprint density at radius 2 is 2.05 bits per heavy atom. The van der Waals surface area contributed by atoms with Gasteiger partial charge >= 0.3 is 6.03 Å². The van der Waals surface area contributed by atoms with Crippen LogP contribution in [-0.2, 0) is 7.05 Å². The molecule has 7 nitrogen and oxygen atoms in total. The van der Waals surface area contributed by atoms with Gasteiger partial charge in [0, 0.05) is 45.6 Å². The fourth-order valence-corrected chi connectivity index (χ4v) is 2.52. The largest absolute Gasteiger partial charge is 0.353 e. The average Bonchev–Trinajstić information content (AvgIpc) is 2.92. The third-order valence-electron chi connectivity index (χ3n) is 3.75. The van der Waals surface area contributed by atoms with E-state index < -0.39 is 0 Å². The van der Waals surface area contributed by atoms with Crippen LogP contribution in [0.4, 0.5) is 16.3 Å². The first-order valence-electron chi connectivity index (χ1n) is 7.34. The fourth-order valence-electron chi connectivity index (χ4n) is 2.52. The van der Waals surface area contributed by atoms with Crippen molar-refractivity contribution in [1.82, 2.24) is 19.7 Å². The number of aryl methyl sites for hydroxylation is 2. The maximum Gasteiger partial charge on any atom is 0.322 e. The lowest BCUT2D eigenvalue weighted by Gasteiger charge is -2.35. The van der Waals surface area contributed by atoms with E-state index in [9.17, 15) is 4.79 Å². The van der Waals surface area contributed by atoms with Gasteiger partial charge in [0.05, 0.1) is 11.9 Å². The van der Waals surface area contributed by atoms with Gasteiger partial charge in [-0.15, -0.1) is 0 Å². The lowest BCUT2D eigenvalue weighted by Crippen LogP contribution is -2.50. The van der Waals surface area contributed by atoms with Crippen LogP contribution in [0.1, 0.15) is 5.56 Å². The molecule has 0 spiro atoms. The third-order valence-corrected chi connectivity index (χ3v) is 3.75. The second-order valence-electron chi connectivity index (χ2n) is 5.50. The first-order valence-corrected chi connectivity index (χ1v) is 7.34. The predicted molar refractivity (Wildman–Crippen MR) is 85.0 cm³/mol. The second kappa shape index (κ2) is 6.05. The van der Waals surface area contributed by atoms with Crippen molar-refractivity contribution in [3.05, 3.63) is 36.3 Å². The molecule has 2 aromatic heterocycles. The minimum Gasteiger partial charge on any atom is -0.353 e. The summed E-state index contributed by atoms with van der Waals surface area (Å²) in [5.74, 6) is 0.979. The Labute approximate surface area is 129 Å². The summed E-state index contributed by atoms with van der Waals surface area (Å²) in [4.78, 5) is 20.6. The van der Waals surface area contributed by atoms with Crippen molar-refractivity contribution in [2.45, 2.75) is 6.92 Å². The standard InChI is InChI=1S/C15H20N6O/c1-12-3-4-16-14(9-12)20-5-7-21(8-6-20)15(22)18-13-10-17-19(2)11-13/h3-4,9-11H,5-8H2,1-2H3,(H,18,22). The highest BCUT2D eigenvalue weighted by Crippen LogP contribution is 2.15. The van der Waals surface area contributed by atoms with Gasteiger partial charge in [-0.3, -0.25) is 4.68 Å². The first-order chi connectivity index (χ1) is 10.6. The van der Waals surface area contributed by atoms with Gasteiger partial charge in [0.2, 0.25) is 0 Å². The lowest BCUT2D eigenvalue weighted by molar-refractivity contribution is 0.208. The molecule has 116 valence electrons. The van der Waals surface area contributed by atoms with Crippen molar-refractivity contribution < 1.29 is 4.79 Å². The Bertz CT molecular complexity index is 660. The van der Waals surface area contributed by atoms with Crippen molar-refractivity contribution in [3.8, 4) is 0 Å². The molecule has 1 aliphatic heterocycles. The normalized spacial score (nSPS) is 15.0. The number of pyridine rings is 1. The average molecular weight is 300 g/mol. The van der Waals surface area contributed by atoms with Crippen molar-refractivity contribution >= 4 is 17.5 Å². The second-order valence-corrected chi connectivity index (χ2v) is 5.50. The van der Waals surface area contributed by atoms with E-state index >= 15 is 0 Å². The van der Waals surface area contributed by atoms with E-state index in [-0.39, 0.29) is 6.03 Å². The fraction of sp³-hybridized carbons (Fsp3) is 0.400. The van der Waals surface area contributed by atoms with Crippen LogP contribution in [0.25, 0.3) is 0 Å². The highest BCUT2D eigenvalue weighted by Gasteiger charge is 2.22. The first kappa shape index (κ1) is 14.4. The van der Waals surface area contributed by atoms with E-state index in [0.717, 1.165) is 24.6 Å². The number of rotatable bonds is 2. The number of hydrogen-bond donors (Lipinski definition) is 1. The zero-order chi connectivity index (χ0) is 15.5. The molecule has 3 rings (SSSR count). The maximum atomic E-state index is 12.2. The molecule has 2 aromatic rings. The summed E-state index contributed by atoms with van der Waals surface area (Å²) in [6, 6.07) is 3.98. The molecular formula is C15H20N6O. The molecule has 0 aliphatic carbocycles. The van der Waals surface area contributed by atoms with E-state index in [1.807, 2.05) is 24.2 Å². The topological polar surface area (TPSA) is 66.3 Å². The van der Waals surface area contributed by atoms with Crippen LogP contribution in [0.3, 0.4) is 0 Å². The number of nitrogens with one attached hydrogen (secondary N) is 1. The highest BCUT2D eigenvalue weighted by atomic mass is 16.2. The number of aromatic nitrogens is 3. The molecule has 0 unspecified atom stereocenters. The molecule has 0 radical (unpaired) electrons. The number of nitrogens with zero attached hydrogens (tertiary/aromatic N) is 5. The Hall–Kier alpha value is -2.57. The van der Waals surface area contributed by atoms with Crippen LogP contribution in [0.15, 0.2) is 30.7 Å². The summed E-state index contributed by atoms with van der Waals surface area (Å²) in [5.41, 5.74) is 1.91. The zero-order valence-corrected chi connectivity index (χ0v) is 12.9. The Morgan fingerprint density at radius 3 is 2.68 bits per heavy atom. The molecule has 1 aliphatic rings. The van der Waals surface area contributed by atoms with Crippen LogP contribution in [0, 0.1) is 6.92 Å². The Balaban J connectivity index is 1.56. The van der Waals surface area contributed by atoms with Gasteiger partial charge in [-0.25, -0.2) is 9.78 Å². The van der Waals surface area contributed by atoms with Gasteiger partial charge < -0.3 is 15.1 Å². The van der Waals surface area contributed by atoms with Gasteiger partial charge in [-0.2, -0.15) is 5.10 Å². The summed E-state index contributed by atoms with van der Waals surface area (Å²) >= 11 is 0. The Morgan fingerprint density at radius 1 is 1.27 bits per heavy atom. The molecule has 3 heterocycles. The number of anilines is 2. The summed E-state index contributed by atoms with van der Waals surface area (Å²) in [7, 11) is 1.82. The van der Waals surface area contributed by atoms with Crippen molar-refractivity contribution in [3.63, 3.8) is 0 Å². The predicted octanol–water partition coefficient (Wildman–Crippen LogP) is 1.48. The van der Waals surface area contributed by atoms with E-state index in [4.69, 9.17) is 0 Å². The van der Waals surface area contributed by atoms with Gasteiger partial charge in [-0.1, -0.05) is 0 Å². The molecule has 0 atom stereocenters. The third kappa shape index (κ3) is 3.19. The van der Waals surface area contributed by atoms with Crippen LogP contribution in [0.5, 0.6) is 0 Å². The molecule has 1 N–H and O–H groups in total. The molecular weight excluding hydrogens is 280 g/mol. The molecule has 22 heavy (non-hydrogen) atoms. The van der Waals surface area contributed by atoms with E-state index in [0.29, 0.717) is 13.1 Å². The van der Waals surface area contributed by atoms with Crippen molar-refractivity contribution in [1.29, 1.82) is 0 Å². The summed E-state index contributed by atoms with van der Waals surface area (Å²) in [6.45, 7) is 5.00. The summed E-state index contributed by atoms with van der Waals surface area (Å²) < 4.78 is 1.66. The van der Waals surface area contributed by atoms with E-state index in [1.165, 1.54) is 5.56 Å². The molecule has 0 aromatic carbocycles. The van der Waals surface area contributed by atoms with Gasteiger partial charge in [0.1, 0.15) is 5.82 Å². The lowest BCUT2D eigenvalue weighted by atomic mass is 10.2. The number of carbonyl (C=O) groups excluding carboxylic acids is 1.